The summed E-state index contributed by atoms with van der Waals surface area (Å²) in [5, 5.41) is 0. The van der Waals surface area contributed by atoms with Crippen molar-refractivity contribution in [2.75, 3.05) is 27.3 Å². The zero-order chi connectivity index (χ0) is 10.1. The number of nitrogens with zero attached hydrogens (tertiary/aromatic N) is 1. The molecular formula is C9H20NO2Si+. The van der Waals surface area contributed by atoms with E-state index in [1.807, 2.05) is 6.20 Å². The predicted octanol–water partition coefficient (Wildman–Crippen LogP) is 1.62. The van der Waals surface area contributed by atoms with E-state index in [1.165, 1.54) is 0 Å². The van der Waals surface area contributed by atoms with E-state index in [2.05, 4.69) is 18.4 Å². The fourth-order valence-electron chi connectivity index (χ4n) is 1.09. The van der Waals surface area contributed by atoms with Crippen molar-refractivity contribution in [1.29, 1.82) is 0 Å². The summed E-state index contributed by atoms with van der Waals surface area (Å²) in [5.41, 5.74) is 0. The van der Waals surface area contributed by atoms with Gasteiger partial charge in [-0.05, 0) is 19.5 Å². The van der Waals surface area contributed by atoms with Gasteiger partial charge in [-0.3, -0.25) is 0 Å². The lowest BCUT2D eigenvalue weighted by Gasteiger charge is -2.15. The maximum atomic E-state index is 5.18. The van der Waals surface area contributed by atoms with Gasteiger partial charge in [0.1, 0.15) is 6.04 Å². The summed E-state index contributed by atoms with van der Waals surface area (Å²) in [6.45, 7) is 7.93. The molecule has 0 atom stereocenters. The Morgan fingerprint density at radius 1 is 1.38 bits per heavy atom. The number of hydrogen-bond donors (Lipinski definition) is 0. The fourth-order valence-corrected chi connectivity index (χ4v) is 2.11. The van der Waals surface area contributed by atoms with E-state index in [9.17, 15) is 0 Å². The van der Waals surface area contributed by atoms with Crippen LogP contribution in [0.15, 0.2) is 12.8 Å². The van der Waals surface area contributed by atoms with Gasteiger partial charge in [0.2, 0.25) is 0 Å². The molecule has 0 aliphatic rings. The molecule has 0 saturated heterocycles. The van der Waals surface area contributed by atoms with E-state index in [0.717, 1.165) is 25.6 Å². The number of hydrogen-bond acceptors (Lipinski definition) is 3. The Morgan fingerprint density at radius 2 is 2.00 bits per heavy atom. The van der Waals surface area contributed by atoms with Crippen LogP contribution in [0.3, 0.4) is 0 Å². The van der Waals surface area contributed by atoms with Gasteiger partial charge in [0.05, 0.1) is 14.2 Å². The SMILES string of the molecule is C=CN(CC)CCC[Si+](OC)OC. The molecule has 0 N–H and O–H groups in total. The van der Waals surface area contributed by atoms with Crippen LogP contribution in [0, 0.1) is 0 Å². The van der Waals surface area contributed by atoms with E-state index in [-0.39, 0.29) is 0 Å². The molecule has 0 unspecified atom stereocenters. The Balaban J connectivity index is 3.46. The first-order valence-electron chi connectivity index (χ1n) is 4.58. The molecule has 0 aromatic heterocycles. The highest BCUT2D eigenvalue weighted by atomic mass is 28.3. The third-order valence-electron chi connectivity index (χ3n) is 1.95. The minimum atomic E-state index is -0.996. The Labute approximate surface area is 83.2 Å². The van der Waals surface area contributed by atoms with Crippen LogP contribution < -0.4 is 0 Å². The Hall–Kier alpha value is -0.323. The molecule has 0 bridgehead atoms. The Morgan fingerprint density at radius 3 is 2.38 bits per heavy atom. The lowest BCUT2D eigenvalue weighted by atomic mass is 10.4. The van der Waals surface area contributed by atoms with Crippen molar-refractivity contribution in [2.45, 2.75) is 19.4 Å². The molecule has 0 aromatic carbocycles. The van der Waals surface area contributed by atoms with E-state index in [0.29, 0.717) is 0 Å². The zero-order valence-corrected chi connectivity index (χ0v) is 9.88. The van der Waals surface area contributed by atoms with Gasteiger partial charge in [0, 0.05) is 13.1 Å². The number of rotatable bonds is 8. The quantitative estimate of drug-likeness (QED) is 0.558. The molecule has 0 heterocycles. The Bertz CT molecular complexity index is 129. The molecule has 4 heteroatoms. The van der Waals surface area contributed by atoms with Gasteiger partial charge in [-0.1, -0.05) is 6.58 Å². The largest absolute Gasteiger partial charge is 0.643 e. The highest BCUT2D eigenvalue weighted by molar-refractivity contribution is 6.44. The third-order valence-corrected chi connectivity index (χ3v) is 3.62. The first kappa shape index (κ1) is 12.7. The summed E-state index contributed by atoms with van der Waals surface area (Å²) in [5.74, 6) is 0. The van der Waals surface area contributed by atoms with Crippen molar-refractivity contribution < 1.29 is 8.85 Å². The third kappa shape index (κ3) is 5.85. The van der Waals surface area contributed by atoms with Crippen LogP contribution in [0.4, 0.5) is 0 Å². The second-order valence-electron chi connectivity index (χ2n) is 2.69. The van der Waals surface area contributed by atoms with Crippen LogP contribution in [-0.4, -0.2) is 41.5 Å². The van der Waals surface area contributed by atoms with Crippen molar-refractivity contribution in [3.63, 3.8) is 0 Å². The van der Waals surface area contributed by atoms with Crippen molar-refractivity contribution in [3.8, 4) is 0 Å². The van der Waals surface area contributed by atoms with E-state index in [4.69, 9.17) is 8.85 Å². The van der Waals surface area contributed by atoms with Gasteiger partial charge in [0.15, 0.2) is 0 Å². The van der Waals surface area contributed by atoms with Crippen LogP contribution in [-0.2, 0) is 8.85 Å². The van der Waals surface area contributed by atoms with Gasteiger partial charge in [0.25, 0.3) is 0 Å². The van der Waals surface area contributed by atoms with Crippen LogP contribution in [0.2, 0.25) is 6.04 Å². The van der Waals surface area contributed by atoms with Crippen LogP contribution in [0.25, 0.3) is 0 Å². The minimum Gasteiger partial charge on any atom is -0.378 e. The molecule has 0 aromatic rings. The second-order valence-corrected chi connectivity index (χ2v) is 4.76. The molecule has 0 spiro atoms. The van der Waals surface area contributed by atoms with E-state index < -0.39 is 9.28 Å². The smallest absolute Gasteiger partial charge is 0.378 e. The second kappa shape index (κ2) is 8.28. The molecule has 0 radical (unpaired) electrons. The molecule has 3 nitrogen and oxygen atoms in total. The average Bonchev–Trinajstić information content (AvgIpc) is 2.19. The summed E-state index contributed by atoms with van der Waals surface area (Å²) in [4.78, 5) is 2.19. The lowest BCUT2D eigenvalue weighted by molar-refractivity contribution is 0.273. The summed E-state index contributed by atoms with van der Waals surface area (Å²) >= 11 is 0. The van der Waals surface area contributed by atoms with Crippen LogP contribution >= 0.6 is 0 Å². The monoisotopic (exact) mass is 202 g/mol. The topological polar surface area (TPSA) is 21.7 Å². The van der Waals surface area contributed by atoms with Gasteiger partial charge in [-0.2, -0.15) is 0 Å². The zero-order valence-electron chi connectivity index (χ0n) is 8.88. The van der Waals surface area contributed by atoms with Gasteiger partial charge >= 0.3 is 9.28 Å². The van der Waals surface area contributed by atoms with Crippen LogP contribution in [0.1, 0.15) is 13.3 Å². The highest BCUT2D eigenvalue weighted by Crippen LogP contribution is 2.01. The van der Waals surface area contributed by atoms with Crippen molar-refractivity contribution in [3.05, 3.63) is 12.8 Å². The molecule has 0 aliphatic carbocycles. The maximum absolute atomic E-state index is 5.18. The molecular weight excluding hydrogens is 182 g/mol. The van der Waals surface area contributed by atoms with E-state index >= 15 is 0 Å². The minimum absolute atomic E-state index is 0.996. The highest BCUT2D eigenvalue weighted by Gasteiger charge is 2.28. The molecule has 0 aliphatic heterocycles. The van der Waals surface area contributed by atoms with Crippen LogP contribution in [0.5, 0.6) is 0 Å². The lowest BCUT2D eigenvalue weighted by Crippen LogP contribution is -2.22. The van der Waals surface area contributed by atoms with Gasteiger partial charge in [-0.25, -0.2) is 8.85 Å². The van der Waals surface area contributed by atoms with Crippen molar-refractivity contribution >= 4 is 9.28 Å². The van der Waals surface area contributed by atoms with Crippen molar-refractivity contribution in [2.24, 2.45) is 0 Å². The first-order chi connectivity index (χ1) is 6.28. The summed E-state index contributed by atoms with van der Waals surface area (Å²) in [6.07, 6.45) is 2.99. The molecule has 76 valence electrons. The normalized spacial score (nSPS) is 9.77. The first-order valence-corrected chi connectivity index (χ1v) is 6.11. The Kier molecular flexibility index (Phi) is 8.08. The van der Waals surface area contributed by atoms with Gasteiger partial charge < -0.3 is 4.90 Å². The molecule has 0 amide bonds. The summed E-state index contributed by atoms with van der Waals surface area (Å²) < 4.78 is 10.4. The molecule has 13 heavy (non-hydrogen) atoms. The summed E-state index contributed by atoms with van der Waals surface area (Å²) in [6, 6.07) is 1.03. The fraction of sp³-hybridized carbons (Fsp3) is 0.778. The average molecular weight is 202 g/mol. The molecule has 0 rings (SSSR count). The van der Waals surface area contributed by atoms with E-state index in [1.54, 1.807) is 14.2 Å². The summed E-state index contributed by atoms with van der Waals surface area (Å²) in [7, 11) is 2.43. The van der Waals surface area contributed by atoms with Crippen molar-refractivity contribution in [1.82, 2.24) is 4.90 Å². The maximum Gasteiger partial charge on any atom is 0.643 e. The van der Waals surface area contributed by atoms with Gasteiger partial charge in [-0.15, -0.1) is 0 Å². The standard InChI is InChI=1S/C9H20NO2Si/c1-5-10(6-2)8-7-9-13(11-3)12-4/h5H,1,6-9H2,2-4H3/q+1. The molecule has 0 fully saturated rings. The predicted molar refractivity (Wildman–Crippen MR) is 56.6 cm³/mol. The molecule has 0 saturated carbocycles.